The molecule has 0 heterocycles. The zero-order chi connectivity index (χ0) is 24.5. The van der Waals surface area contributed by atoms with Crippen LogP contribution in [-0.2, 0) is 50.4 Å². The van der Waals surface area contributed by atoms with Crippen LogP contribution in [0.5, 0.6) is 0 Å². The second-order valence-electron chi connectivity index (χ2n) is 9.27. The number of hydrogen-bond acceptors (Lipinski definition) is 8. The molecule has 180 valence electrons. The third-order valence-electron chi connectivity index (χ3n) is 5.17. The first-order valence-electron chi connectivity index (χ1n) is 10.7. The molecule has 0 unspecified atom stereocenters. The molecule has 8 heteroatoms. The molecule has 0 bridgehead atoms. The SMILES string of the molecule is CC(C)(CCC(=O)OOOC(C)(C)c1ccccc1)C(=O)OOOC(C)(C)c1ccccc1. The first-order chi connectivity index (χ1) is 15.4. The van der Waals surface area contributed by atoms with Crippen molar-refractivity contribution in [2.45, 2.75) is 65.6 Å². The fraction of sp³-hybridized carbons (Fsp3) is 0.440. The highest BCUT2D eigenvalue weighted by Crippen LogP contribution is 2.28. The van der Waals surface area contributed by atoms with Crippen LogP contribution in [0.25, 0.3) is 0 Å². The highest BCUT2D eigenvalue weighted by molar-refractivity contribution is 5.76. The van der Waals surface area contributed by atoms with Crippen molar-refractivity contribution in [3.63, 3.8) is 0 Å². The van der Waals surface area contributed by atoms with Crippen LogP contribution in [0, 0.1) is 5.41 Å². The number of rotatable bonds is 12. The molecule has 0 aliphatic heterocycles. The summed E-state index contributed by atoms with van der Waals surface area (Å²) in [5.41, 5.74) is -0.998. The van der Waals surface area contributed by atoms with Crippen LogP contribution >= 0.6 is 0 Å². The van der Waals surface area contributed by atoms with Gasteiger partial charge in [0.25, 0.3) is 0 Å². The Morgan fingerprint density at radius 2 is 1.09 bits per heavy atom. The number of benzene rings is 2. The van der Waals surface area contributed by atoms with Gasteiger partial charge >= 0.3 is 11.9 Å². The summed E-state index contributed by atoms with van der Waals surface area (Å²) in [6.45, 7) is 10.3. The third kappa shape index (κ3) is 8.25. The first-order valence-corrected chi connectivity index (χ1v) is 10.7. The lowest BCUT2D eigenvalue weighted by molar-refractivity contribution is -0.522. The molecular formula is C25H32O8. The quantitative estimate of drug-likeness (QED) is 0.304. The minimum Gasteiger partial charge on any atom is -0.269 e. The summed E-state index contributed by atoms with van der Waals surface area (Å²) in [4.78, 5) is 44.3. The minimum atomic E-state index is -1.04. The second kappa shape index (κ2) is 11.4. The molecule has 0 atom stereocenters. The Balaban J connectivity index is 1.72. The van der Waals surface area contributed by atoms with Crippen molar-refractivity contribution in [2.75, 3.05) is 0 Å². The van der Waals surface area contributed by atoms with E-state index >= 15 is 0 Å². The van der Waals surface area contributed by atoms with E-state index < -0.39 is 28.6 Å². The number of carbonyl (C=O) groups is 2. The zero-order valence-electron chi connectivity index (χ0n) is 20.0. The average molecular weight is 461 g/mol. The Bertz CT molecular complexity index is 891. The maximum absolute atomic E-state index is 12.4. The van der Waals surface area contributed by atoms with Crippen LogP contribution in [0.15, 0.2) is 60.7 Å². The van der Waals surface area contributed by atoms with Gasteiger partial charge in [0.15, 0.2) is 0 Å². The van der Waals surface area contributed by atoms with Gasteiger partial charge in [0.2, 0.25) is 0 Å². The fourth-order valence-corrected chi connectivity index (χ4v) is 2.72. The zero-order valence-corrected chi connectivity index (χ0v) is 20.0. The smallest absolute Gasteiger partial charge is 0.269 e. The van der Waals surface area contributed by atoms with Crippen molar-refractivity contribution in [1.29, 1.82) is 0 Å². The van der Waals surface area contributed by atoms with Crippen molar-refractivity contribution in [1.82, 2.24) is 0 Å². The molecule has 0 aliphatic carbocycles. The largest absolute Gasteiger partial charge is 0.351 e. The molecule has 2 aromatic rings. The van der Waals surface area contributed by atoms with Crippen molar-refractivity contribution >= 4 is 11.9 Å². The minimum absolute atomic E-state index is 0.104. The molecule has 0 aromatic heterocycles. The van der Waals surface area contributed by atoms with Gasteiger partial charge in [0.1, 0.15) is 11.2 Å². The lowest BCUT2D eigenvalue weighted by atomic mass is 9.88. The Kier molecular flexibility index (Phi) is 9.13. The molecule has 0 radical (unpaired) electrons. The summed E-state index contributed by atoms with van der Waals surface area (Å²) in [5, 5.41) is 9.42. The maximum Gasteiger partial charge on any atom is 0.351 e. The van der Waals surface area contributed by atoms with Gasteiger partial charge in [-0.2, -0.15) is 9.78 Å². The van der Waals surface area contributed by atoms with Gasteiger partial charge in [-0.3, -0.25) is 9.78 Å². The van der Waals surface area contributed by atoms with E-state index in [2.05, 4.69) is 9.93 Å². The van der Waals surface area contributed by atoms with E-state index in [9.17, 15) is 9.59 Å². The molecule has 2 rings (SSSR count). The topological polar surface area (TPSA) is 89.5 Å². The van der Waals surface area contributed by atoms with Crippen molar-refractivity contribution in [3.8, 4) is 0 Å². The molecule has 0 N–H and O–H groups in total. The van der Waals surface area contributed by atoms with Gasteiger partial charge in [-0.25, -0.2) is 9.59 Å². The lowest BCUT2D eigenvalue weighted by Gasteiger charge is -2.24. The van der Waals surface area contributed by atoms with Gasteiger partial charge in [-0.15, -0.1) is 0 Å². The Morgan fingerprint density at radius 3 is 1.55 bits per heavy atom. The summed E-state index contributed by atoms with van der Waals surface area (Å²) in [5.74, 6) is -1.39. The summed E-state index contributed by atoms with van der Waals surface area (Å²) in [6.07, 6.45) is 0.0230. The fourth-order valence-electron chi connectivity index (χ4n) is 2.72. The van der Waals surface area contributed by atoms with E-state index in [1.165, 1.54) is 0 Å². The lowest BCUT2D eigenvalue weighted by Crippen LogP contribution is -2.30. The van der Waals surface area contributed by atoms with Crippen molar-refractivity contribution in [3.05, 3.63) is 71.8 Å². The Morgan fingerprint density at radius 1 is 0.667 bits per heavy atom. The molecule has 0 amide bonds. The van der Waals surface area contributed by atoms with Gasteiger partial charge in [-0.1, -0.05) is 60.7 Å². The predicted molar refractivity (Wildman–Crippen MR) is 118 cm³/mol. The molecule has 0 saturated heterocycles. The van der Waals surface area contributed by atoms with E-state index in [-0.39, 0.29) is 12.8 Å². The molecule has 2 aromatic carbocycles. The normalized spacial score (nSPS) is 12.3. The Labute approximate surface area is 194 Å². The standard InChI is InChI=1S/C25H32O8/c1-23(2,22(27)29-33-31-25(5,6)20-15-11-8-12-16-20)18-17-21(26)28-32-30-24(3,4)19-13-9-7-10-14-19/h7-16H,17-18H2,1-6H3. The van der Waals surface area contributed by atoms with E-state index in [1.54, 1.807) is 41.5 Å². The van der Waals surface area contributed by atoms with Crippen LogP contribution in [0.2, 0.25) is 0 Å². The first kappa shape index (κ1) is 26.5. The van der Waals surface area contributed by atoms with Crippen LogP contribution in [0.3, 0.4) is 0 Å². The van der Waals surface area contributed by atoms with Gasteiger partial charge in [0.05, 0.1) is 11.8 Å². The molecule has 8 nitrogen and oxygen atoms in total. The third-order valence-corrected chi connectivity index (χ3v) is 5.17. The van der Waals surface area contributed by atoms with Crippen LogP contribution < -0.4 is 0 Å². The summed E-state index contributed by atoms with van der Waals surface area (Å²) in [6, 6.07) is 18.7. The van der Waals surface area contributed by atoms with Crippen LogP contribution in [-0.4, -0.2) is 11.9 Å². The summed E-state index contributed by atoms with van der Waals surface area (Å²) >= 11 is 0. The molecule has 0 aliphatic rings. The van der Waals surface area contributed by atoms with Gasteiger partial charge < -0.3 is 0 Å². The van der Waals surface area contributed by atoms with Crippen molar-refractivity contribution in [2.24, 2.45) is 5.41 Å². The van der Waals surface area contributed by atoms with E-state index in [1.807, 2.05) is 60.7 Å². The molecule has 33 heavy (non-hydrogen) atoms. The molecule has 0 spiro atoms. The van der Waals surface area contributed by atoms with Crippen LogP contribution in [0.4, 0.5) is 0 Å². The second-order valence-corrected chi connectivity index (χ2v) is 9.27. The maximum atomic E-state index is 12.4. The highest BCUT2D eigenvalue weighted by atomic mass is 17.5. The van der Waals surface area contributed by atoms with Gasteiger partial charge in [0, 0.05) is 0 Å². The monoisotopic (exact) mass is 460 g/mol. The van der Waals surface area contributed by atoms with E-state index in [0.717, 1.165) is 11.1 Å². The molecule has 0 fully saturated rings. The van der Waals surface area contributed by atoms with E-state index in [0.29, 0.717) is 0 Å². The number of carbonyl (C=O) groups excluding carboxylic acids is 2. The van der Waals surface area contributed by atoms with Crippen LogP contribution in [0.1, 0.15) is 65.5 Å². The van der Waals surface area contributed by atoms with Gasteiger partial charge in [-0.05, 0) is 69.2 Å². The highest BCUT2D eigenvalue weighted by Gasteiger charge is 2.33. The summed E-state index contributed by atoms with van der Waals surface area (Å²) < 4.78 is 0. The Hall–Kier alpha value is -2.78. The van der Waals surface area contributed by atoms with Crippen molar-refractivity contribution < 1.29 is 39.2 Å². The average Bonchev–Trinajstić information content (AvgIpc) is 2.78. The van der Waals surface area contributed by atoms with E-state index in [4.69, 9.17) is 19.7 Å². The number of hydrogen-bond donors (Lipinski definition) is 0. The molecule has 0 saturated carbocycles. The molecular weight excluding hydrogens is 428 g/mol. The predicted octanol–water partition coefficient (Wildman–Crippen LogP) is 5.48. The summed E-state index contributed by atoms with van der Waals surface area (Å²) in [7, 11) is 0.